The Balaban J connectivity index is 1.74. The number of hydrogen-bond acceptors (Lipinski definition) is 5. The fourth-order valence-corrected chi connectivity index (χ4v) is 4.00. The maximum Gasteiger partial charge on any atom is 0.191 e. The maximum atomic E-state index is 12.1. The fourth-order valence-electron chi connectivity index (χ4n) is 2.45. The highest BCUT2D eigenvalue weighted by Crippen LogP contribution is 2.27. The van der Waals surface area contributed by atoms with Crippen molar-refractivity contribution in [3.05, 3.63) is 52.2 Å². The molecule has 0 amide bonds. The van der Waals surface area contributed by atoms with Gasteiger partial charge in [-0.3, -0.25) is 4.79 Å². The van der Waals surface area contributed by atoms with Crippen LogP contribution in [0.1, 0.15) is 36.0 Å². The summed E-state index contributed by atoms with van der Waals surface area (Å²) in [6.45, 7) is 6.59. The Kier molecular flexibility index (Phi) is 5.11. The average molecular weight is 372 g/mol. The minimum atomic E-state index is 0.124. The van der Waals surface area contributed by atoms with Crippen LogP contribution < -0.4 is 0 Å². The van der Waals surface area contributed by atoms with E-state index in [-0.39, 0.29) is 11.2 Å². The Bertz CT molecular complexity index is 859. The minimum Gasteiger partial charge on any atom is -0.305 e. The lowest BCUT2D eigenvalue weighted by Gasteiger charge is -2.19. The van der Waals surface area contributed by atoms with Crippen LogP contribution in [0.15, 0.2) is 46.9 Å². The van der Waals surface area contributed by atoms with Gasteiger partial charge in [0.25, 0.3) is 0 Å². The molecule has 3 rings (SSSR count). The molecule has 0 atom stereocenters. The summed E-state index contributed by atoms with van der Waals surface area (Å²) in [5, 5.41) is 11.2. The second-order valence-corrected chi connectivity index (χ2v) is 8.77. The van der Waals surface area contributed by atoms with Gasteiger partial charge in [-0.05, 0) is 22.4 Å². The molecule has 0 fully saturated rings. The monoisotopic (exact) mass is 371 g/mol. The van der Waals surface area contributed by atoms with Crippen LogP contribution in [-0.2, 0) is 12.5 Å². The molecule has 130 valence electrons. The Morgan fingerprint density at radius 2 is 1.88 bits per heavy atom. The van der Waals surface area contributed by atoms with Crippen LogP contribution in [-0.4, -0.2) is 26.3 Å². The number of Topliss-reactive ketones (excluding diaryl/α,β-unsaturated/α-hetero) is 1. The van der Waals surface area contributed by atoms with Gasteiger partial charge in [0.15, 0.2) is 16.8 Å². The Morgan fingerprint density at radius 1 is 1.16 bits per heavy atom. The van der Waals surface area contributed by atoms with Crippen molar-refractivity contribution in [2.45, 2.75) is 31.3 Å². The summed E-state index contributed by atoms with van der Waals surface area (Å²) >= 11 is 2.89. The summed E-state index contributed by atoms with van der Waals surface area (Å²) < 4.78 is 1.94. The largest absolute Gasteiger partial charge is 0.305 e. The Morgan fingerprint density at radius 3 is 2.48 bits per heavy atom. The molecule has 25 heavy (non-hydrogen) atoms. The van der Waals surface area contributed by atoms with Gasteiger partial charge in [-0.1, -0.05) is 62.9 Å². The van der Waals surface area contributed by atoms with Crippen LogP contribution in [0.2, 0.25) is 0 Å². The molecular weight excluding hydrogens is 350 g/mol. The third-order valence-electron chi connectivity index (χ3n) is 3.97. The van der Waals surface area contributed by atoms with E-state index in [1.807, 2.05) is 29.1 Å². The van der Waals surface area contributed by atoms with Crippen molar-refractivity contribution in [3.8, 4) is 11.4 Å². The molecule has 1 aromatic carbocycles. The molecule has 4 nitrogen and oxygen atoms in total. The average Bonchev–Trinajstić information content (AvgIpc) is 3.22. The number of benzene rings is 1. The van der Waals surface area contributed by atoms with E-state index in [1.165, 1.54) is 28.7 Å². The second kappa shape index (κ2) is 7.14. The highest BCUT2D eigenvalue weighted by atomic mass is 32.2. The van der Waals surface area contributed by atoms with Crippen molar-refractivity contribution in [2.24, 2.45) is 7.05 Å². The summed E-state index contributed by atoms with van der Waals surface area (Å²) in [5.41, 5.74) is 2.44. The molecule has 0 bridgehead atoms. The van der Waals surface area contributed by atoms with E-state index in [1.54, 1.807) is 0 Å². The first-order valence-electron chi connectivity index (χ1n) is 8.06. The minimum absolute atomic E-state index is 0.124. The lowest BCUT2D eigenvalue weighted by molar-refractivity contribution is 0.102. The van der Waals surface area contributed by atoms with Gasteiger partial charge >= 0.3 is 0 Å². The van der Waals surface area contributed by atoms with Crippen LogP contribution >= 0.6 is 23.1 Å². The first-order valence-corrected chi connectivity index (χ1v) is 9.92. The van der Waals surface area contributed by atoms with Crippen LogP contribution in [0.3, 0.4) is 0 Å². The third-order valence-corrected chi connectivity index (χ3v) is 5.90. The summed E-state index contributed by atoms with van der Waals surface area (Å²) in [6, 6.07) is 12.2. The molecule has 0 N–H and O–H groups in total. The number of nitrogens with zero attached hydrogens (tertiary/aromatic N) is 3. The van der Waals surface area contributed by atoms with Gasteiger partial charge in [0.2, 0.25) is 0 Å². The highest BCUT2D eigenvalue weighted by molar-refractivity contribution is 7.99. The molecule has 0 radical (unpaired) electrons. The van der Waals surface area contributed by atoms with Crippen molar-refractivity contribution in [1.82, 2.24) is 14.8 Å². The Hall–Kier alpha value is -1.92. The van der Waals surface area contributed by atoms with Gasteiger partial charge in [-0.2, -0.15) is 0 Å². The number of carbonyl (C=O) groups excluding carboxylic acids is 1. The molecule has 0 saturated heterocycles. The Labute approximate surface area is 156 Å². The van der Waals surface area contributed by atoms with Crippen molar-refractivity contribution in [3.63, 3.8) is 0 Å². The van der Waals surface area contributed by atoms with Gasteiger partial charge in [0.05, 0.1) is 10.6 Å². The van der Waals surface area contributed by atoms with Gasteiger partial charge in [-0.25, -0.2) is 0 Å². The van der Waals surface area contributed by atoms with E-state index in [4.69, 9.17) is 0 Å². The van der Waals surface area contributed by atoms with Crippen LogP contribution in [0.5, 0.6) is 0 Å². The number of rotatable bonds is 5. The van der Waals surface area contributed by atoms with Gasteiger partial charge < -0.3 is 4.57 Å². The van der Waals surface area contributed by atoms with Crippen molar-refractivity contribution in [1.29, 1.82) is 0 Å². The van der Waals surface area contributed by atoms with Crippen LogP contribution in [0, 0.1) is 0 Å². The van der Waals surface area contributed by atoms with E-state index in [0.29, 0.717) is 5.75 Å². The molecular formula is C19H21N3OS2. The predicted octanol–water partition coefficient (Wildman–Crippen LogP) is 4.82. The predicted molar refractivity (Wildman–Crippen MR) is 105 cm³/mol. The van der Waals surface area contributed by atoms with Crippen molar-refractivity contribution < 1.29 is 4.79 Å². The number of thioether (sulfide) groups is 1. The molecule has 0 spiro atoms. The van der Waals surface area contributed by atoms with Gasteiger partial charge in [-0.15, -0.1) is 21.5 Å². The van der Waals surface area contributed by atoms with Crippen molar-refractivity contribution in [2.75, 3.05) is 5.75 Å². The summed E-state index contributed by atoms with van der Waals surface area (Å²) in [4.78, 5) is 12.9. The number of aromatic nitrogens is 3. The molecule has 0 aliphatic carbocycles. The molecule has 6 heteroatoms. The molecule has 0 saturated carbocycles. The van der Waals surface area contributed by atoms with Crippen LogP contribution in [0.25, 0.3) is 11.4 Å². The zero-order valence-electron chi connectivity index (χ0n) is 14.8. The molecule has 0 unspecified atom stereocenters. The highest BCUT2D eigenvalue weighted by Gasteiger charge is 2.16. The molecule has 2 aromatic heterocycles. The lowest BCUT2D eigenvalue weighted by Crippen LogP contribution is -2.10. The molecule has 0 aliphatic heterocycles. The number of hydrogen-bond donors (Lipinski definition) is 0. The first-order chi connectivity index (χ1) is 11.9. The van der Waals surface area contributed by atoms with Crippen LogP contribution in [0.4, 0.5) is 0 Å². The fraction of sp³-hybridized carbons (Fsp3) is 0.316. The third kappa shape index (κ3) is 4.02. The molecule has 3 aromatic rings. The van der Waals surface area contributed by atoms with E-state index in [9.17, 15) is 4.79 Å². The summed E-state index contributed by atoms with van der Waals surface area (Å²) in [5.74, 6) is 1.31. The maximum absolute atomic E-state index is 12.1. The molecule has 2 heterocycles. The first kappa shape index (κ1) is 17.9. The number of carbonyl (C=O) groups is 1. The molecule has 0 aliphatic rings. The second-order valence-electron chi connectivity index (χ2n) is 6.88. The number of ketones is 1. The van der Waals surface area contributed by atoms with E-state index in [0.717, 1.165) is 21.4 Å². The number of thiophene rings is 1. The zero-order valence-corrected chi connectivity index (χ0v) is 16.4. The quantitative estimate of drug-likeness (QED) is 0.477. The smallest absolute Gasteiger partial charge is 0.191 e. The summed E-state index contributed by atoms with van der Waals surface area (Å²) in [7, 11) is 1.94. The van der Waals surface area contributed by atoms with Crippen molar-refractivity contribution >= 4 is 28.9 Å². The standard InChI is InChI=1S/C19H21N3OS2/c1-19(2,3)14-9-7-13(8-10-14)17-20-21-18(22(17)4)25-12-15(23)16-6-5-11-24-16/h5-11H,12H2,1-4H3. The van der Waals surface area contributed by atoms with E-state index in [2.05, 4.69) is 55.2 Å². The van der Waals surface area contributed by atoms with Gasteiger partial charge in [0, 0.05) is 12.6 Å². The topological polar surface area (TPSA) is 47.8 Å². The summed E-state index contributed by atoms with van der Waals surface area (Å²) in [6.07, 6.45) is 0. The van der Waals surface area contributed by atoms with Gasteiger partial charge in [0.1, 0.15) is 0 Å². The zero-order chi connectivity index (χ0) is 18.0. The lowest BCUT2D eigenvalue weighted by atomic mass is 9.87. The SMILES string of the molecule is Cn1c(SCC(=O)c2cccs2)nnc1-c1ccc(C(C)(C)C)cc1. The normalized spacial score (nSPS) is 11.7. The van der Waals surface area contributed by atoms with E-state index < -0.39 is 0 Å². The van der Waals surface area contributed by atoms with E-state index >= 15 is 0 Å².